The number of piperazine rings is 1. The van der Waals surface area contributed by atoms with Crippen LogP contribution in [0, 0.1) is 0 Å². The zero-order valence-corrected chi connectivity index (χ0v) is 21.1. The van der Waals surface area contributed by atoms with Gasteiger partial charge in [-0.15, -0.1) is 0 Å². The maximum Gasteiger partial charge on any atom is 0.253 e. The van der Waals surface area contributed by atoms with E-state index in [1.54, 1.807) is 18.9 Å². The molecule has 0 bridgehead atoms. The highest BCUT2D eigenvalue weighted by molar-refractivity contribution is 8.02. The van der Waals surface area contributed by atoms with Gasteiger partial charge in [0.15, 0.2) is 11.5 Å². The lowest BCUT2D eigenvalue weighted by Crippen LogP contribution is -2.47. The summed E-state index contributed by atoms with van der Waals surface area (Å²) in [6, 6.07) is 13.8. The molecule has 4 rings (SSSR count). The predicted molar refractivity (Wildman–Crippen MR) is 136 cm³/mol. The highest BCUT2D eigenvalue weighted by Crippen LogP contribution is 2.47. The summed E-state index contributed by atoms with van der Waals surface area (Å²) in [7, 11) is 3.76. The molecule has 0 aliphatic carbocycles. The van der Waals surface area contributed by atoms with Gasteiger partial charge in [0, 0.05) is 37.3 Å². The second kappa shape index (κ2) is 11.2. The van der Waals surface area contributed by atoms with E-state index in [4.69, 9.17) is 14.3 Å². The molecule has 0 radical (unpaired) electrons. The van der Waals surface area contributed by atoms with Crippen molar-refractivity contribution < 1.29 is 19.1 Å². The average Bonchev–Trinajstić information content (AvgIpc) is 3.30. The van der Waals surface area contributed by atoms with Gasteiger partial charge in [0.2, 0.25) is 0 Å². The van der Waals surface area contributed by atoms with Crippen molar-refractivity contribution in [2.24, 2.45) is 0 Å². The molecular weight excluding hydrogens is 450 g/mol. The van der Waals surface area contributed by atoms with Crippen LogP contribution in [-0.2, 0) is 4.84 Å². The lowest BCUT2D eigenvalue weighted by molar-refractivity contribution is -0.0837. The first kappa shape index (κ1) is 24.4. The summed E-state index contributed by atoms with van der Waals surface area (Å²) in [6.07, 6.45) is 0. The Hall–Kier alpha value is -2.68. The van der Waals surface area contributed by atoms with Crippen LogP contribution in [0.15, 0.2) is 47.9 Å². The second-order valence-electron chi connectivity index (χ2n) is 8.25. The van der Waals surface area contributed by atoms with E-state index >= 15 is 0 Å². The van der Waals surface area contributed by atoms with Crippen molar-refractivity contribution in [2.45, 2.75) is 19.2 Å². The van der Waals surface area contributed by atoms with E-state index in [9.17, 15) is 4.79 Å². The first-order chi connectivity index (χ1) is 16.5. The lowest BCUT2D eigenvalue weighted by Gasteiger charge is -2.32. The summed E-state index contributed by atoms with van der Waals surface area (Å²) in [5, 5.41) is 3.90. The predicted octanol–water partition coefficient (Wildman–Crippen LogP) is 4.48. The number of rotatable bonds is 8. The molecule has 0 aromatic heterocycles. The Balaban J connectivity index is 1.55. The van der Waals surface area contributed by atoms with Crippen LogP contribution in [0.2, 0.25) is 0 Å². The number of likely N-dealkylation sites (N-methyl/N-ethyl adjacent to an activating group) is 1. The zero-order chi connectivity index (χ0) is 24.1. The fourth-order valence-corrected chi connectivity index (χ4v) is 5.30. The molecule has 2 aromatic rings. The maximum atomic E-state index is 13.1. The zero-order valence-electron chi connectivity index (χ0n) is 20.3. The molecule has 0 saturated carbocycles. The minimum atomic E-state index is -0.0770. The molecule has 182 valence electrons. The van der Waals surface area contributed by atoms with E-state index in [0.29, 0.717) is 18.8 Å². The lowest BCUT2D eigenvalue weighted by atomic mass is 10.1. The van der Waals surface area contributed by atoms with Crippen LogP contribution in [-0.4, -0.2) is 74.3 Å². The topological polar surface area (TPSA) is 54.5 Å². The van der Waals surface area contributed by atoms with Gasteiger partial charge in [-0.1, -0.05) is 30.0 Å². The van der Waals surface area contributed by atoms with Gasteiger partial charge in [-0.05, 0) is 56.1 Å². The molecule has 7 nitrogen and oxygen atoms in total. The van der Waals surface area contributed by atoms with E-state index in [1.807, 2.05) is 66.3 Å². The maximum absolute atomic E-state index is 13.1. The molecular formula is C26H33N3O4S. The largest absolute Gasteiger partial charge is 0.490 e. The van der Waals surface area contributed by atoms with Gasteiger partial charge in [-0.2, -0.15) is 0 Å². The third-order valence-electron chi connectivity index (χ3n) is 6.00. The minimum Gasteiger partial charge on any atom is -0.490 e. The molecule has 1 saturated heterocycles. The standard InChI is InChI=1S/C26H33N3O4S/c1-5-32-23-11-10-21(17-24(23)33-6-2)26-29(31-4)22(18-34-26)19-8-7-9-20(16-19)25(30)28-14-12-27(3)13-15-28/h7-11,16-18,26H,5-6,12-15H2,1-4H3. The van der Waals surface area contributed by atoms with Gasteiger partial charge in [-0.25, -0.2) is 5.06 Å². The Morgan fingerprint density at radius 1 is 1.00 bits per heavy atom. The molecule has 2 aliphatic rings. The smallest absolute Gasteiger partial charge is 0.253 e. The number of thioether (sulfide) groups is 1. The fourth-order valence-electron chi connectivity index (χ4n) is 4.19. The molecule has 1 atom stereocenters. The number of carbonyl (C=O) groups is 1. The van der Waals surface area contributed by atoms with Crippen molar-refractivity contribution in [3.8, 4) is 11.5 Å². The van der Waals surface area contributed by atoms with Crippen LogP contribution in [0.1, 0.15) is 40.7 Å². The molecule has 1 unspecified atom stereocenters. The summed E-state index contributed by atoms with van der Waals surface area (Å²) in [6.45, 7) is 8.38. The Kier molecular flexibility index (Phi) is 8.03. The van der Waals surface area contributed by atoms with E-state index in [-0.39, 0.29) is 11.3 Å². The van der Waals surface area contributed by atoms with Gasteiger partial charge in [0.25, 0.3) is 5.91 Å². The van der Waals surface area contributed by atoms with Gasteiger partial charge in [0.05, 0.1) is 26.0 Å². The van der Waals surface area contributed by atoms with Crippen LogP contribution in [0.5, 0.6) is 11.5 Å². The number of amides is 1. The van der Waals surface area contributed by atoms with Crippen LogP contribution < -0.4 is 9.47 Å². The van der Waals surface area contributed by atoms with E-state index in [1.165, 1.54) is 0 Å². The summed E-state index contributed by atoms with van der Waals surface area (Å²) in [4.78, 5) is 23.1. The molecule has 0 spiro atoms. The second-order valence-corrected chi connectivity index (χ2v) is 9.20. The van der Waals surface area contributed by atoms with Crippen LogP contribution >= 0.6 is 11.8 Å². The van der Waals surface area contributed by atoms with Crippen molar-refractivity contribution in [2.75, 3.05) is 53.6 Å². The molecule has 2 aliphatic heterocycles. The molecule has 1 fully saturated rings. The van der Waals surface area contributed by atoms with Crippen molar-refractivity contribution in [1.82, 2.24) is 14.9 Å². The number of benzene rings is 2. The fraction of sp³-hybridized carbons (Fsp3) is 0.423. The van der Waals surface area contributed by atoms with Crippen LogP contribution in [0.25, 0.3) is 5.70 Å². The molecule has 34 heavy (non-hydrogen) atoms. The first-order valence-corrected chi connectivity index (χ1v) is 12.7. The molecule has 8 heteroatoms. The van der Waals surface area contributed by atoms with E-state index in [0.717, 1.165) is 54.5 Å². The third-order valence-corrected chi connectivity index (χ3v) is 7.08. The summed E-state index contributed by atoms with van der Waals surface area (Å²) < 4.78 is 11.5. The Bertz CT molecular complexity index is 1040. The first-order valence-electron chi connectivity index (χ1n) is 11.7. The quantitative estimate of drug-likeness (QED) is 0.549. The van der Waals surface area contributed by atoms with Crippen molar-refractivity contribution in [3.63, 3.8) is 0 Å². The van der Waals surface area contributed by atoms with E-state index < -0.39 is 0 Å². The van der Waals surface area contributed by atoms with Crippen molar-refractivity contribution >= 4 is 23.4 Å². The Morgan fingerprint density at radius 3 is 2.44 bits per heavy atom. The summed E-state index contributed by atoms with van der Waals surface area (Å²) in [5.41, 5.74) is 3.63. The van der Waals surface area contributed by atoms with Crippen LogP contribution in [0.4, 0.5) is 0 Å². The highest BCUT2D eigenvalue weighted by atomic mass is 32.2. The number of nitrogens with zero attached hydrogens (tertiary/aromatic N) is 3. The average molecular weight is 484 g/mol. The van der Waals surface area contributed by atoms with Gasteiger partial charge >= 0.3 is 0 Å². The Labute approximate surface area is 206 Å². The number of hydroxylamine groups is 2. The van der Waals surface area contributed by atoms with Gasteiger partial charge in [0.1, 0.15) is 5.37 Å². The van der Waals surface area contributed by atoms with E-state index in [2.05, 4.69) is 17.4 Å². The Morgan fingerprint density at radius 2 is 1.74 bits per heavy atom. The van der Waals surface area contributed by atoms with Crippen LogP contribution in [0.3, 0.4) is 0 Å². The summed E-state index contributed by atoms with van der Waals surface area (Å²) in [5.74, 6) is 1.55. The number of hydrogen-bond acceptors (Lipinski definition) is 7. The molecule has 0 N–H and O–H groups in total. The molecule has 2 heterocycles. The normalized spacial score (nSPS) is 18.7. The van der Waals surface area contributed by atoms with Gasteiger partial charge in [-0.3, -0.25) is 9.63 Å². The van der Waals surface area contributed by atoms with Crippen molar-refractivity contribution in [1.29, 1.82) is 0 Å². The van der Waals surface area contributed by atoms with Gasteiger partial charge < -0.3 is 19.3 Å². The number of carbonyl (C=O) groups excluding carboxylic acids is 1. The SMILES string of the molecule is CCOc1ccc(C2SC=C(c3cccc(C(=O)N4CCN(C)CC4)c3)N2OC)cc1OCC. The van der Waals surface area contributed by atoms with Crippen molar-refractivity contribution in [3.05, 3.63) is 64.6 Å². The minimum absolute atomic E-state index is 0.0770. The number of ether oxygens (including phenoxy) is 2. The third kappa shape index (κ3) is 5.19. The molecule has 1 amide bonds. The highest BCUT2D eigenvalue weighted by Gasteiger charge is 2.31. The summed E-state index contributed by atoms with van der Waals surface area (Å²) >= 11 is 1.66. The molecule has 2 aromatic carbocycles. The number of hydrogen-bond donors (Lipinski definition) is 0. The monoisotopic (exact) mass is 483 g/mol.